The second-order valence-corrected chi connectivity index (χ2v) is 9.55. The summed E-state index contributed by atoms with van der Waals surface area (Å²) in [5.41, 5.74) is 1.91. The van der Waals surface area contributed by atoms with Crippen LogP contribution in [0.5, 0.6) is 0 Å². The first kappa shape index (κ1) is 25.9. The fourth-order valence-corrected chi connectivity index (χ4v) is 4.36. The number of likely N-dealkylation sites (N-methyl/N-ethyl adjacent to an activating group) is 1. The van der Waals surface area contributed by atoms with Gasteiger partial charge in [0.05, 0.1) is 6.42 Å². The van der Waals surface area contributed by atoms with Crippen molar-refractivity contribution in [1.29, 1.82) is 0 Å². The zero-order chi connectivity index (χ0) is 25.4. The molecule has 6 nitrogen and oxygen atoms in total. The highest BCUT2D eigenvalue weighted by molar-refractivity contribution is 5.90. The van der Waals surface area contributed by atoms with E-state index in [-0.39, 0.29) is 18.2 Å². The van der Waals surface area contributed by atoms with Crippen LogP contribution in [0.15, 0.2) is 72.8 Å². The third kappa shape index (κ3) is 7.67. The molecule has 0 unspecified atom stereocenters. The quantitative estimate of drug-likeness (QED) is 0.423. The summed E-state index contributed by atoms with van der Waals surface area (Å²) in [6, 6.07) is 22.8. The smallest absolute Gasteiger partial charge is 0.304 e. The van der Waals surface area contributed by atoms with Crippen molar-refractivity contribution in [3.63, 3.8) is 0 Å². The molecule has 2 atom stereocenters. The molecule has 2 amide bonds. The number of aliphatic carboxylic acids is 1. The molecule has 0 bridgehead atoms. The largest absolute Gasteiger partial charge is 0.481 e. The Morgan fingerprint density at radius 2 is 1.54 bits per heavy atom. The molecule has 0 radical (unpaired) electrons. The van der Waals surface area contributed by atoms with Gasteiger partial charge >= 0.3 is 5.97 Å². The molecule has 0 aliphatic carbocycles. The Morgan fingerprint density at radius 3 is 2.20 bits per heavy atom. The molecule has 3 aromatic carbocycles. The molecule has 0 heterocycles. The van der Waals surface area contributed by atoms with Gasteiger partial charge in [-0.15, -0.1) is 0 Å². The number of amides is 2. The number of nitrogens with one attached hydrogen (secondary N) is 1. The van der Waals surface area contributed by atoms with E-state index in [0.717, 1.165) is 21.9 Å². The van der Waals surface area contributed by atoms with E-state index >= 15 is 0 Å². The van der Waals surface area contributed by atoms with Gasteiger partial charge < -0.3 is 15.3 Å². The molecule has 184 valence electrons. The Kier molecular flexibility index (Phi) is 9.01. The number of rotatable bonds is 11. The van der Waals surface area contributed by atoms with Gasteiger partial charge in [0, 0.05) is 25.9 Å². The van der Waals surface area contributed by atoms with Crippen LogP contribution in [0.4, 0.5) is 0 Å². The zero-order valence-corrected chi connectivity index (χ0v) is 20.6. The first-order valence-corrected chi connectivity index (χ1v) is 12.0. The van der Waals surface area contributed by atoms with Crippen LogP contribution in [-0.2, 0) is 27.3 Å². The van der Waals surface area contributed by atoms with Gasteiger partial charge in [0.25, 0.3) is 0 Å². The van der Waals surface area contributed by atoms with Gasteiger partial charge in [0.2, 0.25) is 11.8 Å². The third-order valence-corrected chi connectivity index (χ3v) is 6.05. The lowest BCUT2D eigenvalue weighted by molar-refractivity contribution is -0.142. The third-order valence-electron chi connectivity index (χ3n) is 6.05. The summed E-state index contributed by atoms with van der Waals surface area (Å²) in [6.45, 7) is 4.31. The van der Waals surface area contributed by atoms with E-state index in [1.165, 1.54) is 0 Å². The molecule has 0 saturated carbocycles. The van der Waals surface area contributed by atoms with Crippen LogP contribution in [0, 0.1) is 11.8 Å². The van der Waals surface area contributed by atoms with E-state index < -0.39 is 23.8 Å². The Morgan fingerprint density at radius 1 is 0.886 bits per heavy atom. The van der Waals surface area contributed by atoms with Crippen LogP contribution in [0.3, 0.4) is 0 Å². The highest BCUT2D eigenvalue weighted by atomic mass is 16.4. The van der Waals surface area contributed by atoms with Gasteiger partial charge in [0.15, 0.2) is 0 Å². The van der Waals surface area contributed by atoms with Gasteiger partial charge in [-0.25, -0.2) is 0 Å². The molecule has 0 aliphatic heterocycles. The van der Waals surface area contributed by atoms with Gasteiger partial charge in [-0.05, 0) is 34.2 Å². The molecule has 3 aromatic rings. The summed E-state index contributed by atoms with van der Waals surface area (Å²) in [4.78, 5) is 39.7. The maximum absolute atomic E-state index is 13.5. The molecule has 35 heavy (non-hydrogen) atoms. The molecule has 0 aliphatic rings. The van der Waals surface area contributed by atoms with Crippen molar-refractivity contribution in [3.8, 4) is 0 Å². The van der Waals surface area contributed by atoms with Crippen LogP contribution in [0.2, 0.25) is 0 Å². The Bertz CT molecular complexity index is 1160. The van der Waals surface area contributed by atoms with Gasteiger partial charge in [0.1, 0.15) is 6.04 Å². The van der Waals surface area contributed by atoms with Crippen molar-refractivity contribution >= 4 is 28.6 Å². The predicted octanol–water partition coefficient (Wildman–Crippen LogP) is 4.66. The highest BCUT2D eigenvalue weighted by Crippen LogP contribution is 2.19. The SMILES string of the molecule is CC(C)C[C@H](CC(=O)O)C(=O)N[C@@H](Cc1ccc2ccccc2c1)C(=O)N(C)Cc1ccccc1. The van der Waals surface area contributed by atoms with Gasteiger partial charge in [-0.3, -0.25) is 14.4 Å². The molecule has 0 aromatic heterocycles. The molecular weight excluding hydrogens is 440 g/mol. The number of hydrogen-bond acceptors (Lipinski definition) is 3. The number of carbonyl (C=O) groups is 3. The minimum atomic E-state index is -1.02. The molecule has 6 heteroatoms. The summed E-state index contributed by atoms with van der Waals surface area (Å²) in [6.07, 6.45) is 0.492. The average Bonchev–Trinajstić information content (AvgIpc) is 2.82. The number of carboxylic acid groups (broad SMARTS) is 1. The topological polar surface area (TPSA) is 86.7 Å². The summed E-state index contributed by atoms with van der Waals surface area (Å²) < 4.78 is 0. The first-order valence-electron chi connectivity index (χ1n) is 12.0. The van der Waals surface area contributed by atoms with E-state index in [1.54, 1.807) is 11.9 Å². The number of carboxylic acids is 1. The number of nitrogens with zero attached hydrogens (tertiary/aromatic N) is 1. The first-order chi connectivity index (χ1) is 16.7. The monoisotopic (exact) mass is 474 g/mol. The molecule has 3 rings (SSSR count). The highest BCUT2D eigenvalue weighted by Gasteiger charge is 2.29. The van der Waals surface area contributed by atoms with E-state index in [0.29, 0.717) is 19.4 Å². The molecule has 0 saturated heterocycles. The zero-order valence-electron chi connectivity index (χ0n) is 20.6. The van der Waals surface area contributed by atoms with Crippen LogP contribution in [-0.4, -0.2) is 40.9 Å². The lowest BCUT2D eigenvalue weighted by atomic mass is 9.92. The molecule has 2 N–H and O–H groups in total. The number of fused-ring (bicyclic) bond motifs is 1. The van der Waals surface area contributed by atoms with Crippen LogP contribution in [0.25, 0.3) is 10.8 Å². The minimum absolute atomic E-state index is 0.153. The fraction of sp³-hybridized carbons (Fsp3) is 0.345. The lowest BCUT2D eigenvalue weighted by Crippen LogP contribution is -2.50. The Labute approximate surface area is 207 Å². The van der Waals surface area contributed by atoms with Crippen molar-refractivity contribution in [1.82, 2.24) is 10.2 Å². The van der Waals surface area contributed by atoms with Gasteiger partial charge in [-0.1, -0.05) is 86.6 Å². The molecular formula is C29H34N2O4. The second-order valence-electron chi connectivity index (χ2n) is 9.55. The molecule has 0 spiro atoms. The Hall–Kier alpha value is -3.67. The minimum Gasteiger partial charge on any atom is -0.481 e. The van der Waals surface area contributed by atoms with Crippen molar-refractivity contribution in [2.45, 2.75) is 45.7 Å². The fourth-order valence-electron chi connectivity index (χ4n) is 4.36. The molecule has 0 fully saturated rings. The maximum atomic E-state index is 13.5. The lowest BCUT2D eigenvalue weighted by Gasteiger charge is -2.27. The van der Waals surface area contributed by atoms with E-state index in [1.807, 2.05) is 86.6 Å². The van der Waals surface area contributed by atoms with Crippen molar-refractivity contribution in [2.24, 2.45) is 11.8 Å². The van der Waals surface area contributed by atoms with Crippen LogP contribution in [0.1, 0.15) is 37.8 Å². The summed E-state index contributed by atoms with van der Waals surface area (Å²) in [5.74, 6) is -2.17. The number of carbonyl (C=O) groups excluding carboxylic acids is 2. The number of benzene rings is 3. The second kappa shape index (κ2) is 12.2. The van der Waals surface area contributed by atoms with Crippen LogP contribution < -0.4 is 5.32 Å². The van der Waals surface area contributed by atoms with Crippen LogP contribution >= 0.6 is 0 Å². The maximum Gasteiger partial charge on any atom is 0.304 e. The van der Waals surface area contributed by atoms with E-state index in [2.05, 4.69) is 5.32 Å². The standard InChI is InChI=1S/C29H34N2O4/c1-20(2)15-25(18-27(32)33)28(34)30-26(29(35)31(3)19-21-9-5-4-6-10-21)17-22-13-14-23-11-7-8-12-24(23)16-22/h4-14,16,20,25-26H,15,17-19H2,1-3H3,(H,30,34)(H,32,33)/t25-,26+/m1/s1. The van der Waals surface area contributed by atoms with Crippen molar-refractivity contribution in [3.05, 3.63) is 83.9 Å². The number of hydrogen-bond donors (Lipinski definition) is 2. The van der Waals surface area contributed by atoms with E-state index in [9.17, 15) is 19.5 Å². The summed E-state index contributed by atoms with van der Waals surface area (Å²) in [7, 11) is 1.72. The summed E-state index contributed by atoms with van der Waals surface area (Å²) in [5, 5.41) is 14.4. The van der Waals surface area contributed by atoms with Crippen molar-refractivity contribution in [2.75, 3.05) is 7.05 Å². The average molecular weight is 475 g/mol. The summed E-state index contributed by atoms with van der Waals surface area (Å²) >= 11 is 0. The Balaban J connectivity index is 1.84. The van der Waals surface area contributed by atoms with Crippen molar-refractivity contribution < 1.29 is 19.5 Å². The van der Waals surface area contributed by atoms with E-state index in [4.69, 9.17) is 0 Å². The van der Waals surface area contributed by atoms with Gasteiger partial charge in [-0.2, -0.15) is 0 Å². The predicted molar refractivity (Wildman–Crippen MR) is 138 cm³/mol. The normalized spacial score (nSPS) is 12.8.